The highest BCUT2D eigenvalue weighted by atomic mass is 32.2. The number of carboxylic acids is 1. The van der Waals surface area contributed by atoms with E-state index in [9.17, 15) is 18.0 Å². The Morgan fingerprint density at radius 3 is 2.25 bits per heavy atom. The molecule has 0 saturated carbocycles. The lowest BCUT2D eigenvalue weighted by Crippen LogP contribution is -2.43. The van der Waals surface area contributed by atoms with Gasteiger partial charge in [-0.05, 0) is 19.1 Å². The fourth-order valence-corrected chi connectivity index (χ4v) is 2.62. The number of hydrogen-bond donors (Lipinski definition) is 2. The molecule has 8 heteroatoms. The molecule has 0 fully saturated rings. The van der Waals surface area contributed by atoms with Crippen LogP contribution in [0.1, 0.15) is 17.3 Å². The number of rotatable bonds is 7. The van der Waals surface area contributed by atoms with E-state index in [0.717, 1.165) is 0 Å². The Hall–Kier alpha value is -1.77. The molecule has 1 aromatic rings. The molecule has 0 radical (unpaired) electrons. The lowest BCUT2D eigenvalue weighted by Gasteiger charge is -2.13. The van der Waals surface area contributed by atoms with E-state index in [1.807, 2.05) is 4.72 Å². The van der Waals surface area contributed by atoms with Crippen LogP contribution in [0.2, 0.25) is 0 Å². The molecule has 0 aliphatic carbocycles. The fraction of sp³-hybridized carbons (Fsp3) is 0.333. The van der Waals surface area contributed by atoms with Crippen LogP contribution in [0.15, 0.2) is 29.2 Å². The molecule has 0 aliphatic heterocycles. The zero-order valence-corrected chi connectivity index (χ0v) is 11.8. The second kappa shape index (κ2) is 6.60. The van der Waals surface area contributed by atoms with E-state index in [-0.39, 0.29) is 17.3 Å². The van der Waals surface area contributed by atoms with Gasteiger partial charge in [0.25, 0.3) is 0 Å². The lowest BCUT2D eigenvalue weighted by atomic mass is 10.2. The summed E-state index contributed by atoms with van der Waals surface area (Å²) < 4.78 is 30.6. The summed E-state index contributed by atoms with van der Waals surface area (Å²) in [7, 11) is -2.72. The number of carboxylic acid groups (broad SMARTS) is 1. The van der Waals surface area contributed by atoms with Crippen molar-refractivity contribution < 1.29 is 27.9 Å². The summed E-state index contributed by atoms with van der Waals surface area (Å²) in [5.74, 6) is -1.53. The molecule has 0 amide bonds. The Labute approximate surface area is 116 Å². The topological polar surface area (TPSA) is 110 Å². The van der Waals surface area contributed by atoms with E-state index in [1.54, 1.807) is 0 Å². The number of nitrogens with one attached hydrogen (secondary N) is 1. The summed E-state index contributed by atoms with van der Waals surface area (Å²) >= 11 is 0. The molecule has 0 heterocycles. The largest absolute Gasteiger partial charge is 0.480 e. The number of ketones is 1. The van der Waals surface area contributed by atoms with Gasteiger partial charge in [-0.2, -0.15) is 4.72 Å². The predicted octanol–water partition coefficient (Wildman–Crippen LogP) is 0.267. The first-order valence-electron chi connectivity index (χ1n) is 5.63. The number of methoxy groups -OCH3 is 1. The summed E-state index contributed by atoms with van der Waals surface area (Å²) in [6.45, 7) is 1.07. The summed E-state index contributed by atoms with van der Waals surface area (Å²) in [6, 6.07) is 3.83. The van der Waals surface area contributed by atoms with Crippen molar-refractivity contribution in [3.63, 3.8) is 0 Å². The number of hydrogen-bond acceptors (Lipinski definition) is 5. The average molecular weight is 301 g/mol. The second-order valence-electron chi connectivity index (χ2n) is 4.05. The first kappa shape index (κ1) is 16.3. The molecule has 20 heavy (non-hydrogen) atoms. The Balaban J connectivity index is 2.98. The third-order valence-electron chi connectivity index (χ3n) is 2.50. The molecular weight excluding hydrogens is 286 g/mol. The molecule has 0 saturated heterocycles. The number of Topliss-reactive ketones (excluding diaryl/α,β-unsaturated/α-hetero) is 1. The van der Waals surface area contributed by atoms with Crippen molar-refractivity contribution >= 4 is 21.8 Å². The highest BCUT2D eigenvalue weighted by molar-refractivity contribution is 7.89. The van der Waals surface area contributed by atoms with Crippen molar-refractivity contribution in [2.75, 3.05) is 13.7 Å². The number of benzene rings is 1. The SMILES string of the molecule is COCC(NS(=O)(=O)c1ccc(C(C)=O)cc1)C(=O)O. The Bertz CT molecular complexity index is 593. The van der Waals surface area contributed by atoms with E-state index < -0.39 is 22.0 Å². The summed E-state index contributed by atoms with van der Waals surface area (Å²) in [4.78, 5) is 21.9. The van der Waals surface area contributed by atoms with Gasteiger partial charge in [0.05, 0.1) is 11.5 Å². The van der Waals surface area contributed by atoms with Gasteiger partial charge in [-0.15, -0.1) is 0 Å². The highest BCUT2D eigenvalue weighted by Crippen LogP contribution is 2.11. The molecule has 0 aliphatic rings. The molecule has 0 spiro atoms. The van der Waals surface area contributed by atoms with Gasteiger partial charge in [-0.25, -0.2) is 8.42 Å². The van der Waals surface area contributed by atoms with Crippen LogP contribution in [-0.4, -0.2) is 45.0 Å². The minimum Gasteiger partial charge on any atom is -0.480 e. The van der Waals surface area contributed by atoms with E-state index >= 15 is 0 Å². The van der Waals surface area contributed by atoms with Crippen molar-refractivity contribution in [1.82, 2.24) is 4.72 Å². The van der Waals surface area contributed by atoms with Gasteiger partial charge in [-0.3, -0.25) is 9.59 Å². The second-order valence-corrected chi connectivity index (χ2v) is 5.76. The molecule has 0 aromatic heterocycles. The number of carbonyl (C=O) groups excluding carboxylic acids is 1. The predicted molar refractivity (Wildman–Crippen MR) is 70.1 cm³/mol. The van der Waals surface area contributed by atoms with E-state index in [2.05, 4.69) is 4.74 Å². The average Bonchev–Trinajstić information content (AvgIpc) is 2.38. The Morgan fingerprint density at radius 1 is 1.30 bits per heavy atom. The Kier molecular flexibility index (Phi) is 5.37. The first-order chi connectivity index (χ1) is 9.27. The molecule has 1 rings (SSSR count). The van der Waals surface area contributed by atoms with Gasteiger partial charge in [-0.1, -0.05) is 12.1 Å². The van der Waals surface area contributed by atoms with Gasteiger partial charge < -0.3 is 9.84 Å². The smallest absolute Gasteiger partial charge is 0.324 e. The van der Waals surface area contributed by atoms with Crippen LogP contribution < -0.4 is 4.72 Å². The first-order valence-corrected chi connectivity index (χ1v) is 7.11. The molecule has 110 valence electrons. The zero-order valence-electron chi connectivity index (χ0n) is 11.0. The number of carbonyl (C=O) groups is 2. The maximum absolute atomic E-state index is 12.0. The normalized spacial score (nSPS) is 12.9. The molecule has 0 bridgehead atoms. The Morgan fingerprint density at radius 2 is 1.85 bits per heavy atom. The van der Waals surface area contributed by atoms with Gasteiger partial charge in [0, 0.05) is 12.7 Å². The van der Waals surface area contributed by atoms with Gasteiger partial charge in [0.15, 0.2) is 5.78 Å². The van der Waals surface area contributed by atoms with Gasteiger partial charge in [0.1, 0.15) is 6.04 Å². The fourth-order valence-electron chi connectivity index (χ4n) is 1.45. The molecule has 1 atom stereocenters. The van der Waals surface area contributed by atoms with Crippen LogP contribution in [0, 0.1) is 0 Å². The number of aliphatic carboxylic acids is 1. The van der Waals surface area contributed by atoms with Crippen LogP contribution in [0.25, 0.3) is 0 Å². The van der Waals surface area contributed by atoms with Crippen molar-refractivity contribution in [2.24, 2.45) is 0 Å². The molecule has 2 N–H and O–H groups in total. The van der Waals surface area contributed by atoms with Crippen molar-refractivity contribution in [3.05, 3.63) is 29.8 Å². The standard InChI is InChI=1S/C12H15NO6S/c1-8(14)9-3-5-10(6-4-9)20(17,18)13-11(7-19-2)12(15)16/h3-6,11,13H,7H2,1-2H3,(H,15,16). The maximum Gasteiger partial charge on any atom is 0.324 e. The summed E-state index contributed by atoms with van der Waals surface area (Å²) in [5.41, 5.74) is 0.371. The van der Waals surface area contributed by atoms with Crippen molar-refractivity contribution in [1.29, 1.82) is 0 Å². The van der Waals surface area contributed by atoms with Crippen LogP contribution in [-0.2, 0) is 19.6 Å². The minimum atomic E-state index is -3.99. The minimum absolute atomic E-state index is 0.121. The van der Waals surface area contributed by atoms with Gasteiger partial charge >= 0.3 is 5.97 Å². The summed E-state index contributed by atoms with van der Waals surface area (Å²) in [5, 5.41) is 8.88. The lowest BCUT2D eigenvalue weighted by molar-refractivity contribution is -0.140. The number of sulfonamides is 1. The van der Waals surface area contributed by atoms with Crippen LogP contribution in [0.4, 0.5) is 0 Å². The van der Waals surface area contributed by atoms with Crippen LogP contribution in [0.3, 0.4) is 0 Å². The third-order valence-corrected chi connectivity index (χ3v) is 3.99. The van der Waals surface area contributed by atoms with Crippen LogP contribution in [0.5, 0.6) is 0 Å². The van der Waals surface area contributed by atoms with Crippen molar-refractivity contribution in [3.8, 4) is 0 Å². The third kappa shape index (κ3) is 4.12. The summed E-state index contributed by atoms with van der Waals surface area (Å²) in [6.07, 6.45) is 0. The molecule has 1 unspecified atom stereocenters. The van der Waals surface area contributed by atoms with E-state index in [4.69, 9.17) is 5.11 Å². The van der Waals surface area contributed by atoms with E-state index in [0.29, 0.717) is 5.56 Å². The quantitative estimate of drug-likeness (QED) is 0.699. The van der Waals surface area contributed by atoms with Crippen molar-refractivity contribution in [2.45, 2.75) is 17.9 Å². The van der Waals surface area contributed by atoms with Crippen LogP contribution >= 0.6 is 0 Å². The molecule has 7 nitrogen and oxygen atoms in total. The molecule has 1 aromatic carbocycles. The molecular formula is C12H15NO6S. The zero-order chi connectivity index (χ0) is 15.3. The van der Waals surface area contributed by atoms with E-state index in [1.165, 1.54) is 38.3 Å². The highest BCUT2D eigenvalue weighted by Gasteiger charge is 2.25. The monoisotopic (exact) mass is 301 g/mol. The van der Waals surface area contributed by atoms with Gasteiger partial charge in [0.2, 0.25) is 10.0 Å². The maximum atomic E-state index is 12.0. The number of ether oxygens (including phenoxy) is 1.